The molecule has 2 N–H and O–H groups in total. The molecule has 2 rings (SSSR count). The number of ether oxygens (including phenoxy) is 1. The number of anilines is 1. The molecule has 0 bridgehead atoms. The molecule has 0 aliphatic rings. The molecule has 2 aromatic rings. The molecule has 0 aliphatic heterocycles. The third kappa shape index (κ3) is 3.57. The number of pyridine rings is 1. The zero-order valence-electron chi connectivity index (χ0n) is 11.2. The van der Waals surface area contributed by atoms with Crippen LogP contribution in [0, 0.1) is 0 Å². The van der Waals surface area contributed by atoms with Crippen LogP contribution in [-0.4, -0.2) is 21.3 Å². The monoisotopic (exact) mass is 338 g/mol. The molecular weight excluding hydrogens is 324 g/mol. The Bertz CT molecular complexity index is 642. The van der Waals surface area contributed by atoms with Gasteiger partial charge in [-0.1, -0.05) is 6.07 Å². The number of hydrogen-bond donors (Lipinski definition) is 2. The van der Waals surface area contributed by atoms with E-state index in [0.717, 1.165) is 5.56 Å². The summed E-state index contributed by atoms with van der Waals surface area (Å²) in [7, 11) is 0. The van der Waals surface area contributed by atoms with E-state index >= 15 is 0 Å². The summed E-state index contributed by atoms with van der Waals surface area (Å²) in [6.45, 7) is 4.38. The lowest BCUT2D eigenvalue weighted by molar-refractivity contribution is 0.230. The van der Waals surface area contributed by atoms with Gasteiger partial charge in [-0.3, -0.25) is 4.79 Å². The molecule has 0 fully saturated rings. The predicted octanol–water partition coefficient (Wildman–Crippen LogP) is 2.33. The van der Waals surface area contributed by atoms with Crippen molar-refractivity contribution in [3.63, 3.8) is 0 Å². The van der Waals surface area contributed by atoms with Crippen molar-refractivity contribution in [3.05, 3.63) is 44.9 Å². The number of H-pyrrole nitrogens is 1. The van der Waals surface area contributed by atoms with E-state index in [4.69, 9.17) is 4.74 Å². The van der Waals surface area contributed by atoms with Crippen LogP contribution in [0.5, 0.6) is 5.88 Å². The molecule has 6 nitrogen and oxygen atoms in total. The largest absolute Gasteiger partial charge is 0.475 e. The minimum Gasteiger partial charge on any atom is -0.475 e. The molecule has 106 valence electrons. The second kappa shape index (κ2) is 6.51. The average Bonchev–Trinajstić information content (AvgIpc) is 2.41. The minimum atomic E-state index is -0.278. The van der Waals surface area contributed by atoms with E-state index in [1.54, 1.807) is 12.4 Å². The van der Waals surface area contributed by atoms with Crippen LogP contribution in [0.2, 0.25) is 0 Å². The molecule has 0 saturated carbocycles. The van der Waals surface area contributed by atoms with Crippen LogP contribution in [0.4, 0.5) is 5.69 Å². The van der Waals surface area contributed by atoms with Crippen LogP contribution in [0.3, 0.4) is 0 Å². The highest BCUT2D eigenvalue weighted by Gasteiger charge is 2.08. The Morgan fingerprint density at radius 1 is 1.50 bits per heavy atom. The number of nitrogens with zero attached hydrogens (tertiary/aromatic N) is 2. The maximum atomic E-state index is 11.4. The van der Waals surface area contributed by atoms with Gasteiger partial charge in [-0.15, -0.1) is 0 Å². The first kappa shape index (κ1) is 14.5. The van der Waals surface area contributed by atoms with Crippen molar-refractivity contribution in [2.45, 2.75) is 26.5 Å². The second-order valence-corrected chi connectivity index (χ2v) is 5.21. The van der Waals surface area contributed by atoms with Gasteiger partial charge in [0.05, 0.1) is 18.0 Å². The van der Waals surface area contributed by atoms with Gasteiger partial charge in [0.15, 0.2) is 0 Å². The molecule has 0 unspecified atom stereocenters. The highest BCUT2D eigenvalue weighted by atomic mass is 79.9. The lowest BCUT2D eigenvalue weighted by atomic mass is 10.2. The van der Waals surface area contributed by atoms with Crippen molar-refractivity contribution in [1.29, 1.82) is 0 Å². The topological polar surface area (TPSA) is 79.9 Å². The summed E-state index contributed by atoms with van der Waals surface area (Å²) < 4.78 is 6.06. The summed E-state index contributed by atoms with van der Waals surface area (Å²) in [5.74, 6) is 0.587. The Kier molecular flexibility index (Phi) is 4.73. The minimum absolute atomic E-state index is 0.0524. The summed E-state index contributed by atoms with van der Waals surface area (Å²) >= 11 is 3.22. The first-order valence-corrected chi connectivity index (χ1v) is 6.95. The number of halogens is 1. The summed E-state index contributed by atoms with van der Waals surface area (Å²) in [5.41, 5.74) is 1.25. The molecule has 0 spiro atoms. The molecule has 0 radical (unpaired) electrons. The number of hydrogen-bond acceptors (Lipinski definition) is 5. The number of aromatic nitrogens is 3. The van der Waals surface area contributed by atoms with E-state index in [9.17, 15) is 4.79 Å². The van der Waals surface area contributed by atoms with Gasteiger partial charge in [0, 0.05) is 18.3 Å². The van der Waals surface area contributed by atoms with Gasteiger partial charge >= 0.3 is 0 Å². The highest BCUT2D eigenvalue weighted by Crippen LogP contribution is 2.20. The number of rotatable bonds is 5. The fraction of sp³-hybridized carbons (Fsp3) is 0.308. The van der Waals surface area contributed by atoms with Crippen LogP contribution < -0.4 is 15.6 Å². The summed E-state index contributed by atoms with van der Waals surface area (Å²) in [5, 5.41) is 9.23. The Labute approximate surface area is 124 Å². The fourth-order valence-electron chi connectivity index (χ4n) is 1.59. The molecule has 7 heteroatoms. The summed E-state index contributed by atoms with van der Waals surface area (Å²) in [4.78, 5) is 15.6. The Balaban J connectivity index is 2.15. The Morgan fingerprint density at radius 2 is 2.30 bits per heavy atom. The molecular formula is C13H15BrN4O2. The summed E-state index contributed by atoms with van der Waals surface area (Å²) in [6, 6.07) is 3.77. The molecule has 20 heavy (non-hydrogen) atoms. The molecule has 0 atom stereocenters. The van der Waals surface area contributed by atoms with Crippen molar-refractivity contribution >= 4 is 21.6 Å². The van der Waals surface area contributed by atoms with Gasteiger partial charge in [0.2, 0.25) is 5.88 Å². The van der Waals surface area contributed by atoms with E-state index in [-0.39, 0.29) is 11.7 Å². The highest BCUT2D eigenvalue weighted by molar-refractivity contribution is 9.10. The lowest BCUT2D eigenvalue weighted by Crippen LogP contribution is -2.13. The molecule has 0 saturated heterocycles. The molecule has 0 aromatic carbocycles. The van der Waals surface area contributed by atoms with E-state index < -0.39 is 0 Å². The van der Waals surface area contributed by atoms with Crippen LogP contribution in [0.25, 0.3) is 0 Å². The molecule has 2 aromatic heterocycles. The van der Waals surface area contributed by atoms with Crippen molar-refractivity contribution in [1.82, 2.24) is 15.2 Å². The zero-order valence-corrected chi connectivity index (χ0v) is 12.8. The first-order chi connectivity index (χ1) is 9.58. The van der Waals surface area contributed by atoms with Crippen molar-refractivity contribution in [2.75, 3.05) is 5.32 Å². The number of nitrogens with one attached hydrogen (secondary N) is 2. The zero-order chi connectivity index (χ0) is 14.5. The maximum Gasteiger partial charge on any atom is 0.280 e. The maximum absolute atomic E-state index is 11.4. The third-order valence-electron chi connectivity index (χ3n) is 2.46. The van der Waals surface area contributed by atoms with Crippen LogP contribution >= 0.6 is 15.9 Å². The number of aromatic amines is 1. The standard InChI is InChI=1S/C13H15BrN4O2/c1-8(2)20-13-9(4-3-5-15-13)6-16-10-7-17-18-12(19)11(10)14/h3-5,7-8H,6H2,1-2H3,(H2,16,18,19). The third-order valence-corrected chi connectivity index (χ3v) is 3.25. The quantitative estimate of drug-likeness (QED) is 0.874. The predicted molar refractivity (Wildman–Crippen MR) is 79.9 cm³/mol. The van der Waals surface area contributed by atoms with Crippen LogP contribution in [0.1, 0.15) is 19.4 Å². The molecule has 0 aliphatic carbocycles. The lowest BCUT2D eigenvalue weighted by Gasteiger charge is -2.13. The molecule has 2 heterocycles. The second-order valence-electron chi connectivity index (χ2n) is 4.41. The first-order valence-electron chi connectivity index (χ1n) is 6.15. The van der Waals surface area contributed by atoms with Gasteiger partial charge in [0.25, 0.3) is 5.56 Å². The normalized spacial score (nSPS) is 10.6. The molecule has 0 amide bonds. The van der Waals surface area contributed by atoms with Crippen LogP contribution in [0.15, 0.2) is 33.8 Å². The van der Waals surface area contributed by atoms with Crippen molar-refractivity contribution < 1.29 is 4.74 Å². The van der Waals surface area contributed by atoms with Gasteiger partial charge in [-0.05, 0) is 35.8 Å². The van der Waals surface area contributed by atoms with E-state index in [1.807, 2.05) is 26.0 Å². The van der Waals surface area contributed by atoms with E-state index in [0.29, 0.717) is 22.6 Å². The van der Waals surface area contributed by atoms with Gasteiger partial charge < -0.3 is 10.1 Å². The van der Waals surface area contributed by atoms with Crippen LogP contribution in [-0.2, 0) is 6.54 Å². The fourth-order valence-corrected chi connectivity index (χ4v) is 1.92. The van der Waals surface area contributed by atoms with E-state index in [1.165, 1.54) is 0 Å². The smallest absolute Gasteiger partial charge is 0.280 e. The SMILES string of the molecule is CC(C)Oc1ncccc1CNc1cn[nH]c(=O)c1Br. The summed E-state index contributed by atoms with van der Waals surface area (Å²) in [6.07, 6.45) is 3.29. The van der Waals surface area contributed by atoms with Gasteiger partial charge in [-0.25, -0.2) is 10.1 Å². The Hall–Kier alpha value is -1.89. The van der Waals surface area contributed by atoms with Crippen molar-refractivity contribution in [3.8, 4) is 5.88 Å². The van der Waals surface area contributed by atoms with Crippen molar-refractivity contribution in [2.24, 2.45) is 0 Å². The van der Waals surface area contributed by atoms with Gasteiger partial charge in [-0.2, -0.15) is 5.10 Å². The van der Waals surface area contributed by atoms with E-state index in [2.05, 4.69) is 36.4 Å². The van der Waals surface area contributed by atoms with Gasteiger partial charge in [0.1, 0.15) is 4.47 Å². The average molecular weight is 339 g/mol. The Morgan fingerprint density at radius 3 is 3.05 bits per heavy atom.